The third-order valence-electron chi connectivity index (χ3n) is 3.26. The van der Waals surface area contributed by atoms with E-state index in [0.29, 0.717) is 11.1 Å². The van der Waals surface area contributed by atoms with Crippen molar-refractivity contribution >= 4 is 10.8 Å². The van der Waals surface area contributed by atoms with Crippen LogP contribution in [0.15, 0.2) is 48.5 Å². The van der Waals surface area contributed by atoms with Crippen molar-refractivity contribution in [3.63, 3.8) is 0 Å². The molecule has 0 unspecified atom stereocenters. The molecule has 100 valence electrons. The van der Waals surface area contributed by atoms with E-state index in [1.807, 2.05) is 12.1 Å². The second-order valence-corrected chi connectivity index (χ2v) is 4.58. The Balaban J connectivity index is 2.20. The highest BCUT2D eigenvalue weighted by atomic mass is 16.3. The fraction of sp³-hybridized carbons (Fsp3) is 0. The van der Waals surface area contributed by atoms with E-state index < -0.39 is 5.75 Å². The summed E-state index contributed by atoms with van der Waals surface area (Å²) >= 11 is 0. The van der Waals surface area contributed by atoms with Crippen LogP contribution in [0.5, 0.6) is 23.0 Å². The summed E-state index contributed by atoms with van der Waals surface area (Å²) in [4.78, 5) is 0. The Labute approximate surface area is 114 Å². The summed E-state index contributed by atoms with van der Waals surface area (Å²) in [5.74, 6) is -1.07. The average molecular weight is 268 g/mol. The molecule has 0 spiro atoms. The van der Waals surface area contributed by atoms with Gasteiger partial charge in [0, 0.05) is 5.56 Å². The van der Waals surface area contributed by atoms with Gasteiger partial charge in [0.15, 0.2) is 11.5 Å². The van der Waals surface area contributed by atoms with Gasteiger partial charge < -0.3 is 20.4 Å². The third-order valence-corrected chi connectivity index (χ3v) is 3.26. The first-order chi connectivity index (χ1) is 9.56. The molecule has 0 amide bonds. The normalized spacial score (nSPS) is 10.8. The maximum absolute atomic E-state index is 9.90. The minimum Gasteiger partial charge on any atom is -0.508 e. The Bertz CT molecular complexity index is 809. The van der Waals surface area contributed by atoms with Gasteiger partial charge in [0.25, 0.3) is 0 Å². The van der Waals surface area contributed by atoms with Gasteiger partial charge in [0.2, 0.25) is 5.75 Å². The van der Waals surface area contributed by atoms with E-state index in [2.05, 4.69) is 0 Å². The summed E-state index contributed by atoms with van der Waals surface area (Å²) in [6, 6.07) is 13.3. The van der Waals surface area contributed by atoms with E-state index in [1.54, 1.807) is 24.3 Å². The van der Waals surface area contributed by atoms with Gasteiger partial charge in [-0.15, -0.1) is 0 Å². The van der Waals surface area contributed by atoms with E-state index in [0.717, 1.165) is 10.8 Å². The van der Waals surface area contributed by atoms with Crippen LogP contribution in [0.25, 0.3) is 21.9 Å². The summed E-state index contributed by atoms with van der Waals surface area (Å²) in [5, 5.41) is 40.0. The van der Waals surface area contributed by atoms with Crippen molar-refractivity contribution in [2.24, 2.45) is 0 Å². The fourth-order valence-electron chi connectivity index (χ4n) is 2.20. The van der Waals surface area contributed by atoms with Gasteiger partial charge in [0.1, 0.15) is 5.75 Å². The highest BCUT2D eigenvalue weighted by molar-refractivity contribution is 5.89. The van der Waals surface area contributed by atoms with Gasteiger partial charge in [-0.25, -0.2) is 0 Å². The Hall–Kier alpha value is -2.88. The smallest absolute Gasteiger partial charge is 0.200 e. The number of aromatic hydroxyl groups is 4. The SMILES string of the molecule is Oc1ccc2cc(-c3ccc(O)c(O)c3O)ccc2c1. The minimum atomic E-state index is -0.534. The zero-order valence-electron chi connectivity index (χ0n) is 10.4. The zero-order valence-corrected chi connectivity index (χ0v) is 10.4. The van der Waals surface area contributed by atoms with Crippen molar-refractivity contribution < 1.29 is 20.4 Å². The number of rotatable bonds is 1. The molecule has 0 heterocycles. The Morgan fingerprint density at radius 2 is 1.30 bits per heavy atom. The van der Waals surface area contributed by atoms with Crippen molar-refractivity contribution in [2.75, 3.05) is 0 Å². The van der Waals surface area contributed by atoms with Crippen LogP contribution >= 0.6 is 0 Å². The zero-order chi connectivity index (χ0) is 14.3. The first-order valence-corrected chi connectivity index (χ1v) is 6.03. The first kappa shape index (κ1) is 12.2. The number of fused-ring (bicyclic) bond motifs is 1. The number of hydrogen-bond acceptors (Lipinski definition) is 4. The summed E-state index contributed by atoms with van der Waals surface area (Å²) < 4.78 is 0. The topological polar surface area (TPSA) is 80.9 Å². The monoisotopic (exact) mass is 268 g/mol. The van der Waals surface area contributed by atoms with Crippen LogP contribution in [-0.2, 0) is 0 Å². The van der Waals surface area contributed by atoms with Crippen LogP contribution in [0.1, 0.15) is 0 Å². The van der Waals surface area contributed by atoms with Gasteiger partial charge in [-0.2, -0.15) is 0 Å². The number of hydrogen-bond donors (Lipinski definition) is 4. The van der Waals surface area contributed by atoms with Crippen LogP contribution in [-0.4, -0.2) is 20.4 Å². The molecule has 0 radical (unpaired) electrons. The van der Waals surface area contributed by atoms with Gasteiger partial charge in [-0.1, -0.05) is 18.2 Å². The lowest BCUT2D eigenvalue weighted by Crippen LogP contribution is -1.82. The van der Waals surface area contributed by atoms with Gasteiger partial charge in [0.05, 0.1) is 0 Å². The van der Waals surface area contributed by atoms with E-state index in [-0.39, 0.29) is 17.2 Å². The maximum Gasteiger partial charge on any atom is 0.200 e. The molecule has 0 atom stereocenters. The highest BCUT2D eigenvalue weighted by Gasteiger charge is 2.12. The number of phenolic OH excluding ortho intramolecular Hbond substituents is 4. The lowest BCUT2D eigenvalue weighted by molar-refractivity contribution is 0.369. The molecule has 3 rings (SSSR count). The molecular weight excluding hydrogens is 256 g/mol. The molecule has 0 saturated carbocycles. The van der Waals surface area contributed by atoms with E-state index in [9.17, 15) is 20.4 Å². The minimum absolute atomic E-state index is 0.190. The second kappa shape index (κ2) is 4.35. The molecular formula is C16H12O4. The Morgan fingerprint density at radius 3 is 2.10 bits per heavy atom. The number of phenols is 4. The van der Waals surface area contributed by atoms with Crippen molar-refractivity contribution in [2.45, 2.75) is 0 Å². The predicted octanol–water partition coefficient (Wildman–Crippen LogP) is 3.33. The molecule has 0 fully saturated rings. The molecule has 0 aliphatic rings. The molecule has 20 heavy (non-hydrogen) atoms. The molecule has 0 saturated heterocycles. The molecule has 4 nitrogen and oxygen atoms in total. The van der Waals surface area contributed by atoms with Crippen LogP contribution < -0.4 is 0 Å². The van der Waals surface area contributed by atoms with Gasteiger partial charge in [-0.05, 0) is 46.7 Å². The Morgan fingerprint density at radius 1 is 0.600 bits per heavy atom. The predicted molar refractivity (Wildman–Crippen MR) is 76.0 cm³/mol. The molecule has 0 aliphatic carbocycles. The van der Waals surface area contributed by atoms with E-state index in [1.165, 1.54) is 12.1 Å². The molecule has 0 aromatic heterocycles. The standard InChI is InChI=1S/C16H12O4/c17-12-4-3-9-7-11(2-1-10(9)8-12)13-5-6-14(18)16(20)15(13)19/h1-8,17-20H. The second-order valence-electron chi connectivity index (χ2n) is 4.58. The summed E-state index contributed by atoms with van der Waals surface area (Å²) in [5.41, 5.74) is 1.13. The number of benzene rings is 3. The molecule has 4 heteroatoms. The van der Waals surface area contributed by atoms with Crippen LogP contribution in [0.4, 0.5) is 0 Å². The molecule has 3 aromatic carbocycles. The Kier molecular flexibility index (Phi) is 2.64. The summed E-state index contributed by atoms with van der Waals surface area (Å²) in [6.07, 6.45) is 0. The van der Waals surface area contributed by atoms with Crippen LogP contribution in [0.2, 0.25) is 0 Å². The van der Waals surface area contributed by atoms with Gasteiger partial charge in [-0.3, -0.25) is 0 Å². The highest BCUT2D eigenvalue weighted by Crippen LogP contribution is 2.42. The largest absolute Gasteiger partial charge is 0.508 e. The van der Waals surface area contributed by atoms with E-state index in [4.69, 9.17) is 0 Å². The van der Waals surface area contributed by atoms with Crippen molar-refractivity contribution in [3.8, 4) is 34.1 Å². The lowest BCUT2D eigenvalue weighted by Gasteiger charge is -2.09. The summed E-state index contributed by atoms with van der Waals surface area (Å²) in [7, 11) is 0. The van der Waals surface area contributed by atoms with E-state index >= 15 is 0 Å². The maximum atomic E-state index is 9.90. The average Bonchev–Trinajstić information content (AvgIpc) is 2.44. The van der Waals surface area contributed by atoms with Crippen LogP contribution in [0, 0.1) is 0 Å². The van der Waals surface area contributed by atoms with Crippen molar-refractivity contribution in [3.05, 3.63) is 48.5 Å². The van der Waals surface area contributed by atoms with Gasteiger partial charge >= 0.3 is 0 Å². The van der Waals surface area contributed by atoms with Crippen molar-refractivity contribution in [1.29, 1.82) is 0 Å². The molecule has 0 bridgehead atoms. The summed E-state index contributed by atoms with van der Waals surface area (Å²) in [6.45, 7) is 0. The molecule has 0 aliphatic heterocycles. The quantitative estimate of drug-likeness (QED) is 0.510. The third kappa shape index (κ3) is 1.87. The molecule has 4 N–H and O–H groups in total. The van der Waals surface area contributed by atoms with Crippen LogP contribution in [0.3, 0.4) is 0 Å². The lowest BCUT2D eigenvalue weighted by atomic mass is 10.00. The molecule has 3 aromatic rings. The van der Waals surface area contributed by atoms with Crippen molar-refractivity contribution in [1.82, 2.24) is 0 Å². The first-order valence-electron chi connectivity index (χ1n) is 6.03. The fourth-order valence-corrected chi connectivity index (χ4v) is 2.20.